The van der Waals surface area contributed by atoms with Gasteiger partial charge in [-0.3, -0.25) is 9.32 Å². The summed E-state index contributed by atoms with van der Waals surface area (Å²) in [5, 5.41) is 24.0. The molecule has 0 bridgehead atoms. The van der Waals surface area contributed by atoms with E-state index in [1.165, 1.54) is 11.7 Å². The number of thioether (sulfide) groups is 1. The molecule has 1 atom stereocenters. The van der Waals surface area contributed by atoms with Gasteiger partial charge in [0.05, 0.1) is 10.8 Å². The van der Waals surface area contributed by atoms with Gasteiger partial charge in [-0.25, -0.2) is 9.78 Å². The van der Waals surface area contributed by atoms with E-state index in [0.29, 0.717) is 5.69 Å². The molecule has 162 valence electrons. The predicted molar refractivity (Wildman–Crippen MR) is 117 cm³/mol. The van der Waals surface area contributed by atoms with E-state index in [1.807, 2.05) is 38.1 Å². The number of nitrogens with one attached hydrogen (secondary N) is 2. The largest absolute Gasteiger partial charge is 0.435 e. The van der Waals surface area contributed by atoms with Gasteiger partial charge in [0.25, 0.3) is 0 Å². The van der Waals surface area contributed by atoms with E-state index in [-0.39, 0.29) is 39.1 Å². The van der Waals surface area contributed by atoms with E-state index >= 15 is 0 Å². The maximum atomic E-state index is 12.7. The van der Waals surface area contributed by atoms with Gasteiger partial charge in [0, 0.05) is 5.69 Å². The lowest BCUT2D eigenvalue weighted by molar-refractivity contribution is -0.730. The van der Waals surface area contributed by atoms with Crippen molar-refractivity contribution in [2.75, 3.05) is 11.1 Å². The van der Waals surface area contributed by atoms with Gasteiger partial charge in [0.2, 0.25) is 5.91 Å². The Morgan fingerprint density at radius 3 is 2.53 bits per heavy atom. The van der Waals surface area contributed by atoms with Crippen LogP contribution in [0.3, 0.4) is 0 Å². The highest BCUT2D eigenvalue weighted by Gasteiger charge is 2.32. The first-order valence-corrected chi connectivity index (χ1v) is 10.3. The van der Waals surface area contributed by atoms with Crippen molar-refractivity contribution in [1.29, 1.82) is 10.5 Å². The third-order valence-corrected chi connectivity index (χ3v) is 5.97. The number of H-pyrrole nitrogens is 1. The Labute approximate surface area is 187 Å². The molecule has 0 fully saturated rings. The van der Waals surface area contributed by atoms with Crippen LogP contribution in [0.25, 0.3) is 11.3 Å². The van der Waals surface area contributed by atoms with Crippen LogP contribution < -0.4 is 21.4 Å². The molecule has 0 aliphatic rings. The summed E-state index contributed by atoms with van der Waals surface area (Å²) in [4.78, 5) is 29.1. The molecule has 0 aliphatic carbocycles. The van der Waals surface area contributed by atoms with E-state index < -0.39 is 10.9 Å². The van der Waals surface area contributed by atoms with E-state index in [2.05, 4.69) is 15.6 Å². The molecule has 0 aliphatic heterocycles. The number of nitrogens with zero attached hydrogens (tertiary/aromatic N) is 4. The van der Waals surface area contributed by atoms with Crippen molar-refractivity contribution in [3.8, 4) is 23.4 Å². The summed E-state index contributed by atoms with van der Waals surface area (Å²) >= 11 is 0.999. The van der Waals surface area contributed by atoms with Crippen molar-refractivity contribution >= 4 is 29.2 Å². The van der Waals surface area contributed by atoms with Gasteiger partial charge in [-0.05, 0) is 49.3 Å². The number of nitrogens with two attached hydrogens (primary N) is 1. The summed E-state index contributed by atoms with van der Waals surface area (Å²) in [5.41, 5.74) is 7.76. The van der Waals surface area contributed by atoms with Crippen LogP contribution in [0.5, 0.6) is 0 Å². The molecular formula is C21H20N7O3S+. The van der Waals surface area contributed by atoms with Gasteiger partial charge >= 0.3 is 11.3 Å². The zero-order valence-electron chi connectivity index (χ0n) is 17.8. The summed E-state index contributed by atoms with van der Waals surface area (Å²) in [5.74, 6) is -0.466. The Hall–Kier alpha value is -4.09. The van der Waals surface area contributed by atoms with Crippen LogP contribution in [-0.2, 0) is 11.8 Å². The van der Waals surface area contributed by atoms with E-state index in [1.54, 1.807) is 13.0 Å². The van der Waals surface area contributed by atoms with Crippen LogP contribution in [0.15, 0.2) is 32.5 Å². The first-order valence-electron chi connectivity index (χ1n) is 9.44. The lowest BCUT2D eigenvalue weighted by Gasteiger charge is -2.15. The van der Waals surface area contributed by atoms with Crippen LogP contribution in [0.1, 0.15) is 29.2 Å². The van der Waals surface area contributed by atoms with Crippen LogP contribution in [0, 0.1) is 36.5 Å². The second kappa shape index (κ2) is 8.96. The maximum Gasteiger partial charge on any atom is 0.435 e. The number of nitrogen functional groups attached to an aromatic ring is 1. The summed E-state index contributed by atoms with van der Waals surface area (Å²) in [7, 11) is 1.49. The molecule has 10 nitrogen and oxygen atoms in total. The minimum absolute atomic E-state index is 0.00395. The Balaban J connectivity index is 2.00. The molecule has 0 saturated carbocycles. The van der Waals surface area contributed by atoms with Crippen molar-refractivity contribution in [3.63, 3.8) is 0 Å². The topological polar surface area (TPSA) is 165 Å². The summed E-state index contributed by atoms with van der Waals surface area (Å²) < 4.78 is 6.00. The molecule has 0 saturated heterocycles. The van der Waals surface area contributed by atoms with Gasteiger partial charge in [-0.1, -0.05) is 22.5 Å². The fraction of sp³-hybridized carbons (Fsp3) is 0.238. The number of pyridine rings is 1. The zero-order valence-corrected chi connectivity index (χ0v) is 18.6. The number of aryl methyl sites for hydroxylation is 3. The fourth-order valence-corrected chi connectivity index (χ4v) is 3.93. The highest BCUT2D eigenvalue weighted by Crippen LogP contribution is 2.35. The highest BCUT2D eigenvalue weighted by atomic mass is 32.2. The Bertz CT molecular complexity index is 1360. The van der Waals surface area contributed by atoms with E-state index in [4.69, 9.17) is 10.3 Å². The molecule has 2 heterocycles. The molecule has 0 radical (unpaired) electrons. The number of rotatable bonds is 5. The van der Waals surface area contributed by atoms with Gasteiger partial charge in [0.1, 0.15) is 34.1 Å². The number of aromatic amines is 1. The number of nitriles is 2. The molecule has 1 aromatic carbocycles. The Kier molecular flexibility index (Phi) is 6.32. The van der Waals surface area contributed by atoms with Gasteiger partial charge in [-0.2, -0.15) is 10.5 Å². The number of hydrogen-bond donors (Lipinski definition) is 3. The van der Waals surface area contributed by atoms with Gasteiger partial charge in [0.15, 0.2) is 7.05 Å². The number of aromatic nitrogens is 3. The number of carbonyl (C=O) groups excluding carboxylic acids is 1. The van der Waals surface area contributed by atoms with E-state index in [0.717, 1.165) is 22.9 Å². The third-order valence-electron chi connectivity index (χ3n) is 4.89. The van der Waals surface area contributed by atoms with Crippen LogP contribution in [0.2, 0.25) is 0 Å². The average Bonchev–Trinajstić information content (AvgIpc) is 3.08. The Morgan fingerprint density at radius 2 is 1.97 bits per heavy atom. The average molecular weight is 451 g/mol. The molecule has 4 N–H and O–H groups in total. The van der Waals surface area contributed by atoms with Crippen LogP contribution in [0.4, 0.5) is 11.5 Å². The van der Waals surface area contributed by atoms with Crippen molar-refractivity contribution in [3.05, 3.63) is 50.9 Å². The van der Waals surface area contributed by atoms with Crippen molar-refractivity contribution in [1.82, 2.24) is 10.3 Å². The second-order valence-corrected chi connectivity index (χ2v) is 8.42. The first-order chi connectivity index (χ1) is 15.2. The molecule has 3 rings (SSSR count). The summed E-state index contributed by atoms with van der Waals surface area (Å²) in [6.07, 6.45) is 0. The molecule has 32 heavy (non-hydrogen) atoms. The smallest absolute Gasteiger partial charge is 0.383 e. The first kappa shape index (κ1) is 22.6. The Morgan fingerprint density at radius 1 is 1.28 bits per heavy atom. The number of hydrogen-bond acceptors (Lipinski definition) is 8. The highest BCUT2D eigenvalue weighted by molar-refractivity contribution is 8.00. The number of anilines is 2. The van der Waals surface area contributed by atoms with Crippen molar-refractivity contribution < 1.29 is 14.0 Å². The van der Waals surface area contributed by atoms with E-state index in [9.17, 15) is 20.1 Å². The number of benzene rings is 1. The number of carbonyl (C=O) groups is 1. The predicted octanol–water partition coefficient (Wildman–Crippen LogP) is 1.92. The van der Waals surface area contributed by atoms with Crippen LogP contribution in [-0.4, -0.2) is 21.4 Å². The van der Waals surface area contributed by atoms with Gasteiger partial charge in [-0.15, -0.1) is 0 Å². The summed E-state index contributed by atoms with van der Waals surface area (Å²) in [6.45, 7) is 5.58. The standard InChI is InChI=1S/C21H19N7O3S/c1-10-5-6-13(7-11(10)2)25-19(29)12(3)32-20-15(9-23)16(14(8-22)18(24)26-20)17-21(30)31-27-28(17)4/h5-7,12H,1-4H3,(H3-,24,25,26,27,29,30)/p+1. The SMILES string of the molecule is Cc1ccc(NC(=O)C(C)Sc2nc(N)c(C#N)c(-c3c(=O)o[nH][n+]3C)c2C#N)cc1C. The molecule has 1 unspecified atom stereocenters. The van der Waals surface area contributed by atoms with Gasteiger partial charge < -0.3 is 11.1 Å². The van der Waals surface area contributed by atoms with Crippen LogP contribution >= 0.6 is 11.8 Å². The third kappa shape index (κ3) is 4.19. The lowest BCUT2D eigenvalue weighted by Crippen LogP contribution is -2.34. The fourth-order valence-electron chi connectivity index (χ4n) is 3.01. The molecular weight excluding hydrogens is 430 g/mol. The zero-order chi connectivity index (χ0) is 23.6. The van der Waals surface area contributed by atoms with Crippen molar-refractivity contribution in [2.24, 2.45) is 7.05 Å². The normalized spacial score (nSPS) is 11.4. The molecule has 2 aromatic heterocycles. The lowest BCUT2D eigenvalue weighted by atomic mass is 10.0. The molecule has 1 amide bonds. The minimum Gasteiger partial charge on any atom is -0.383 e. The second-order valence-electron chi connectivity index (χ2n) is 7.09. The number of amides is 1. The molecule has 0 spiro atoms. The van der Waals surface area contributed by atoms with Crippen molar-refractivity contribution in [2.45, 2.75) is 31.0 Å². The summed E-state index contributed by atoms with van der Waals surface area (Å²) in [6, 6.07) is 9.46. The molecule has 3 aromatic rings. The quantitative estimate of drug-likeness (QED) is 0.391. The maximum absolute atomic E-state index is 12.7. The molecule has 11 heteroatoms. The minimum atomic E-state index is -0.775. The monoisotopic (exact) mass is 450 g/mol.